The molecule has 10 heavy (non-hydrogen) atoms. The molecular formula is C5H7N5. The number of aryl methyl sites for hydroxylation is 1. The van der Waals surface area contributed by atoms with Crippen molar-refractivity contribution in [1.29, 1.82) is 5.53 Å². The van der Waals surface area contributed by atoms with Crippen LogP contribution in [0.2, 0.25) is 0 Å². The SMILES string of the molecule is Cc1ncnc(N)c1N=N. The van der Waals surface area contributed by atoms with Crippen LogP contribution in [-0.4, -0.2) is 9.97 Å². The number of nitrogens with zero attached hydrogens (tertiary/aromatic N) is 3. The van der Waals surface area contributed by atoms with E-state index in [1.807, 2.05) is 0 Å². The second-order valence-corrected chi connectivity index (χ2v) is 1.80. The fraction of sp³-hybridized carbons (Fsp3) is 0.200. The molecule has 0 aromatic carbocycles. The molecule has 3 N–H and O–H groups in total. The van der Waals surface area contributed by atoms with Gasteiger partial charge in [0.05, 0.1) is 5.69 Å². The zero-order chi connectivity index (χ0) is 7.56. The van der Waals surface area contributed by atoms with E-state index in [9.17, 15) is 0 Å². The maximum Gasteiger partial charge on any atom is 0.154 e. The molecule has 1 aromatic heterocycles. The van der Waals surface area contributed by atoms with Crippen LogP contribution < -0.4 is 5.73 Å². The highest BCUT2D eigenvalue weighted by molar-refractivity contribution is 5.58. The van der Waals surface area contributed by atoms with Crippen LogP contribution in [0.4, 0.5) is 11.5 Å². The third-order valence-corrected chi connectivity index (χ3v) is 1.15. The highest BCUT2D eigenvalue weighted by Gasteiger charge is 2.01. The van der Waals surface area contributed by atoms with Crippen LogP contribution >= 0.6 is 0 Å². The van der Waals surface area contributed by atoms with Crippen LogP contribution in [-0.2, 0) is 0 Å². The average molecular weight is 137 g/mol. The van der Waals surface area contributed by atoms with Crippen LogP contribution in [0.1, 0.15) is 5.69 Å². The lowest BCUT2D eigenvalue weighted by Crippen LogP contribution is -1.93. The van der Waals surface area contributed by atoms with Crippen molar-refractivity contribution < 1.29 is 0 Å². The van der Waals surface area contributed by atoms with Gasteiger partial charge in [-0.25, -0.2) is 15.5 Å². The van der Waals surface area contributed by atoms with Crippen molar-refractivity contribution in [2.24, 2.45) is 5.11 Å². The number of anilines is 1. The molecule has 5 heteroatoms. The normalized spacial score (nSPS) is 9.30. The second kappa shape index (κ2) is 2.38. The number of hydrogen-bond donors (Lipinski definition) is 2. The Morgan fingerprint density at radius 3 is 2.70 bits per heavy atom. The highest BCUT2D eigenvalue weighted by atomic mass is 15.0. The summed E-state index contributed by atoms with van der Waals surface area (Å²) in [6.07, 6.45) is 1.35. The summed E-state index contributed by atoms with van der Waals surface area (Å²) in [6, 6.07) is 0. The number of nitrogen functional groups attached to an aromatic ring is 1. The highest BCUT2D eigenvalue weighted by Crippen LogP contribution is 2.20. The Hall–Kier alpha value is -1.52. The minimum absolute atomic E-state index is 0.252. The van der Waals surface area contributed by atoms with Gasteiger partial charge in [0, 0.05) is 0 Å². The van der Waals surface area contributed by atoms with Gasteiger partial charge in [-0.15, -0.1) is 0 Å². The predicted molar refractivity (Wildman–Crippen MR) is 36.0 cm³/mol. The first-order chi connectivity index (χ1) is 4.75. The first-order valence-corrected chi connectivity index (χ1v) is 2.70. The molecular weight excluding hydrogens is 130 g/mol. The Bertz CT molecular complexity index is 236. The van der Waals surface area contributed by atoms with Crippen molar-refractivity contribution in [2.75, 3.05) is 5.73 Å². The predicted octanol–water partition coefficient (Wildman–Crippen LogP) is 1.03. The molecule has 1 heterocycles. The van der Waals surface area contributed by atoms with E-state index in [1.165, 1.54) is 6.33 Å². The third kappa shape index (κ3) is 0.928. The van der Waals surface area contributed by atoms with Crippen LogP contribution in [0.15, 0.2) is 11.4 Å². The molecule has 0 aliphatic rings. The number of nitrogens with one attached hydrogen (secondary N) is 1. The van der Waals surface area contributed by atoms with Crippen molar-refractivity contribution >= 4 is 11.5 Å². The zero-order valence-electron chi connectivity index (χ0n) is 5.50. The summed E-state index contributed by atoms with van der Waals surface area (Å²) in [4.78, 5) is 7.47. The molecule has 0 bridgehead atoms. The third-order valence-electron chi connectivity index (χ3n) is 1.15. The number of hydrogen-bond acceptors (Lipinski definition) is 5. The van der Waals surface area contributed by atoms with E-state index < -0.39 is 0 Å². The molecule has 0 saturated heterocycles. The molecule has 0 amide bonds. The summed E-state index contributed by atoms with van der Waals surface area (Å²) in [5.41, 5.74) is 13.0. The Morgan fingerprint density at radius 1 is 1.60 bits per heavy atom. The Kier molecular flexibility index (Phi) is 1.57. The van der Waals surface area contributed by atoms with Crippen molar-refractivity contribution in [3.8, 4) is 0 Å². The minimum atomic E-state index is 0.252. The van der Waals surface area contributed by atoms with Crippen molar-refractivity contribution in [3.05, 3.63) is 12.0 Å². The van der Waals surface area contributed by atoms with Crippen molar-refractivity contribution in [1.82, 2.24) is 9.97 Å². The summed E-state index contributed by atoms with van der Waals surface area (Å²) < 4.78 is 0. The first-order valence-electron chi connectivity index (χ1n) is 2.70. The lowest BCUT2D eigenvalue weighted by atomic mass is 10.3. The molecule has 1 aromatic rings. The smallest absolute Gasteiger partial charge is 0.154 e. The lowest BCUT2D eigenvalue weighted by Gasteiger charge is -1.97. The summed E-state index contributed by atoms with van der Waals surface area (Å²) >= 11 is 0. The Morgan fingerprint density at radius 2 is 2.30 bits per heavy atom. The van der Waals surface area contributed by atoms with Gasteiger partial charge >= 0.3 is 0 Å². The molecule has 0 fully saturated rings. The molecule has 0 unspecified atom stereocenters. The largest absolute Gasteiger partial charge is 0.382 e. The monoisotopic (exact) mass is 137 g/mol. The number of aromatic nitrogens is 2. The molecule has 0 aliphatic carbocycles. The standard InChI is InChI=1S/C5H7N5/c1-3-4(10-7)5(6)9-2-8-3/h2,7H,1H3,(H2,6,8,9). The van der Waals surface area contributed by atoms with E-state index in [-0.39, 0.29) is 5.82 Å². The van der Waals surface area contributed by atoms with Gasteiger partial charge in [-0.3, -0.25) is 0 Å². The van der Waals surface area contributed by atoms with Gasteiger partial charge in [-0.05, 0) is 6.92 Å². The number of rotatable bonds is 1. The van der Waals surface area contributed by atoms with Gasteiger partial charge in [-0.2, -0.15) is 5.11 Å². The lowest BCUT2D eigenvalue weighted by molar-refractivity contribution is 1.05. The van der Waals surface area contributed by atoms with E-state index in [0.29, 0.717) is 11.4 Å². The van der Waals surface area contributed by atoms with Gasteiger partial charge in [-0.1, -0.05) is 0 Å². The second-order valence-electron chi connectivity index (χ2n) is 1.80. The summed E-state index contributed by atoms with van der Waals surface area (Å²) in [5, 5.41) is 3.17. The Labute approximate surface area is 57.8 Å². The molecule has 0 aliphatic heterocycles. The summed E-state index contributed by atoms with van der Waals surface area (Å²) in [6.45, 7) is 1.73. The quantitative estimate of drug-likeness (QED) is 0.566. The molecule has 0 saturated carbocycles. The molecule has 5 nitrogen and oxygen atoms in total. The molecule has 1 rings (SSSR count). The van der Waals surface area contributed by atoms with Crippen LogP contribution in [0, 0.1) is 12.5 Å². The first kappa shape index (κ1) is 6.60. The average Bonchev–Trinajstić information content (AvgIpc) is 1.88. The van der Waals surface area contributed by atoms with E-state index in [4.69, 9.17) is 11.3 Å². The minimum Gasteiger partial charge on any atom is -0.382 e. The van der Waals surface area contributed by atoms with Gasteiger partial charge in [0.2, 0.25) is 0 Å². The fourth-order valence-corrected chi connectivity index (χ4v) is 0.623. The Balaban J connectivity index is 3.30. The van der Waals surface area contributed by atoms with E-state index in [0.717, 1.165) is 0 Å². The maximum atomic E-state index is 6.69. The summed E-state index contributed by atoms with van der Waals surface area (Å²) in [7, 11) is 0. The molecule has 0 atom stereocenters. The van der Waals surface area contributed by atoms with Crippen LogP contribution in [0.3, 0.4) is 0 Å². The summed E-state index contributed by atoms with van der Waals surface area (Å²) in [5.74, 6) is 0.252. The fourth-order valence-electron chi connectivity index (χ4n) is 0.623. The zero-order valence-corrected chi connectivity index (χ0v) is 5.50. The van der Waals surface area contributed by atoms with Gasteiger partial charge in [0.25, 0.3) is 0 Å². The van der Waals surface area contributed by atoms with Gasteiger partial charge in [0.15, 0.2) is 5.82 Å². The van der Waals surface area contributed by atoms with Gasteiger partial charge < -0.3 is 5.73 Å². The van der Waals surface area contributed by atoms with Crippen molar-refractivity contribution in [2.45, 2.75) is 6.92 Å². The maximum absolute atomic E-state index is 6.69. The van der Waals surface area contributed by atoms with E-state index in [1.54, 1.807) is 6.92 Å². The van der Waals surface area contributed by atoms with Gasteiger partial charge in [0.1, 0.15) is 12.0 Å². The topological polar surface area (TPSA) is 88.0 Å². The van der Waals surface area contributed by atoms with E-state index in [2.05, 4.69) is 15.1 Å². The van der Waals surface area contributed by atoms with Crippen LogP contribution in [0.5, 0.6) is 0 Å². The van der Waals surface area contributed by atoms with Crippen molar-refractivity contribution in [3.63, 3.8) is 0 Å². The number of nitrogens with two attached hydrogens (primary N) is 1. The molecule has 52 valence electrons. The van der Waals surface area contributed by atoms with E-state index >= 15 is 0 Å². The van der Waals surface area contributed by atoms with Crippen LogP contribution in [0.25, 0.3) is 0 Å². The molecule has 0 spiro atoms. The molecule has 0 radical (unpaired) electrons.